The number of fused-ring (bicyclic) bond motifs is 1. The van der Waals surface area contributed by atoms with Gasteiger partial charge in [0.25, 0.3) is 0 Å². The van der Waals surface area contributed by atoms with E-state index in [4.69, 9.17) is 0 Å². The number of aryl methyl sites for hydroxylation is 2. The lowest BCUT2D eigenvalue weighted by Gasteiger charge is -2.25. The normalized spacial score (nSPS) is 17.9. The van der Waals surface area contributed by atoms with Gasteiger partial charge < -0.3 is 10.6 Å². The Morgan fingerprint density at radius 2 is 2.36 bits per heavy atom. The minimum atomic E-state index is 0.310. The number of hydrogen-bond donors (Lipinski definition) is 2. The number of nitrogens with one attached hydrogen (secondary N) is 2. The van der Waals surface area contributed by atoms with Crippen molar-refractivity contribution in [1.29, 1.82) is 0 Å². The molecule has 2 N–H and O–H groups in total. The van der Waals surface area contributed by atoms with E-state index in [1.165, 1.54) is 5.56 Å². The third-order valence-electron chi connectivity index (χ3n) is 3.91. The van der Waals surface area contributed by atoms with Gasteiger partial charge in [-0.2, -0.15) is 5.10 Å². The molecule has 0 amide bonds. The van der Waals surface area contributed by atoms with Gasteiger partial charge in [-0.15, -0.1) is 0 Å². The zero-order valence-electron chi connectivity index (χ0n) is 13.0. The largest absolute Gasteiger partial charge is 0.352 e. The van der Waals surface area contributed by atoms with E-state index in [0.29, 0.717) is 12.6 Å². The average molecular weight is 299 g/mol. The van der Waals surface area contributed by atoms with Crippen LogP contribution in [0.3, 0.4) is 0 Å². The Morgan fingerprint density at radius 3 is 3.18 bits per heavy atom. The summed E-state index contributed by atoms with van der Waals surface area (Å²) in [6, 6.07) is 4.32. The highest BCUT2D eigenvalue weighted by atomic mass is 15.4. The van der Waals surface area contributed by atoms with E-state index in [2.05, 4.69) is 43.7 Å². The molecule has 0 fully saturated rings. The molecule has 1 aliphatic heterocycles. The first-order valence-corrected chi connectivity index (χ1v) is 7.50. The molecule has 3 heterocycles. The summed E-state index contributed by atoms with van der Waals surface area (Å²) in [7, 11) is 1.78. The van der Waals surface area contributed by atoms with Crippen molar-refractivity contribution >= 4 is 5.96 Å². The van der Waals surface area contributed by atoms with E-state index in [1.807, 2.05) is 16.9 Å². The summed E-state index contributed by atoms with van der Waals surface area (Å²) in [5.41, 5.74) is 2.21. The zero-order valence-corrected chi connectivity index (χ0v) is 13.0. The quantitative estimate of drug-likeness (QED) is 0.643. The Hall–Kier alpha value is -2.44. The maximum atomic E-state index is 4.39. The molecule has 1 atom stereocenters. The number of hydrogen-bond acceptors (Lipinski definition) is 4. The van der Waals surface area contributed by atoms with E-state index in [9.17, 15) is 0 Å². The average Bonchev–Trinajstić information content (AvgIpc) is 3.00. The van der Waals surface area contributed by atoms with Gasteiger partial charge in [0.1, 0.15) is 12.2 Å². The van der Waals surface area contributed by atoms with Crippen LogP contribution in [-0.4, -0.2) is 38.8 Å². The Bertz CT molecular complexity index is 661. The molecule has 0 saturated carbocycles. The van der Waals surface area contributed by atoms with Crippen LogP contribution in [0.25, 0.3) is 0 Å². The van der Waals surface area contributed by atoms with Crippen molar-refractivity contribution in [2.45, 2.75) is 38.9 Å². The first kappa shape index (κ1) is 14.5. The molecule has 7 heteroatoms. The standard InChI is InChI=1S/C15H21N7/c1-11-4-3-7-17-13(11)8-18-15(16-2)21-12-5-6-14-19-10-20-22(14)9-12/h3-4,7,10,12H,5-6,8-9H2,1-2H3,(H2,16,18,21). The maximum Gasteiger partial charge on any atom is 0.191 e. The summed E-state index contributed by atoms with van der Waals surface area (Å²) in [6.45, 7) is 3.54. The van der Waals surface area contributed by atoms with Crippen LogP contribution in [0.5, 0.6) is 0 Å². The second kappa shape index (κ2) is 6.55. The van der Waals surface area contributed by atoms with Gasteiger partial charge in [-0.1, -0.05) is 6.07 Å². The van der Waals surface area contributed by atoms with Crippen LogP contribution in [0.4, 0.5) is 0 Å². The van der Waals surface area contributed by atoms with E-state index in [1.54, 1.807) is 13.4 Å². The molecule has 1 aliphatic rings. The van der Waals surface area contributed by atoms with Crippen LogP contribution in [0.1, 0.15) is 23.5 Å². The summed E-state index contributed by atoms with van der Waals surface area (Å²) in [4.78, 5) is 12.9. The number of aliphatic imine (C=N–C) groups is 1. The highest BCUT2D eigenvalue weighted by Crippen LogP contribution is 2.11. The third-order valence-corrected chi connectivity index (χ3v) is 3.91. The molecule has 2 aromatic rings. The molecule has 22 heavy (non-hydrogen) atoms. The van der Waals surface area contributed by atoms with Crippen molar-refractivity contribution < 1.29 is 0 Å². The molecule has 0 aromatic carbocycles. The highest BCUT2D eigenvalue weighted by molar-refractivity contribution is 5.79. The Balaban J connectivity index is 1.56. The van der Waals surface area contributed by atoms with Gasteiger partial charge in [0.05, 0.1) is 18.8 Å². The smallest absolute Gasteiger partial charge is 0.191 e. The molecule has 116 valence electrons. The first-order valence-electron chi connectivity index (χ1n) is 7.50. The molecule has 0 bridgehead atoms. The first-order chi connectivity index (χ1) is 10.8. The van der Waals surface area contributed by atoms with Crippen molar-refractivity contribution in [2.75, 3.05) is 7.05 Å². The minimum Gasteiger partial charge on any atom is -0.352 e. The molecule has 2 aromatic heterocycles. The van der Waals surface area contributed by atoms with Crippen molar-refractivity contribution in [1.82, 2.24) is 30.4 Å². The highest BCUT2D eigenvalue weighted by Gasteiger charge is 2.20. The van der Waals surface area contributed by atoms with Crippen LogP contribution >= 0.6 is 0 Å². The van der Waals surface area contributed by atoms with Crippen molar-refractivity contribution in [3.8, 4) is 0 Å². The fourth-order valence-corrected chi connectivity index (χ4v) is 2.61. The fourth-order valence-electron chi connectivity index (χ4n) is 2.61. The fraction of sp³-hybridized carbons (Fsp3) is 0.467. The molecule has 0 aliphatic carbocycles. The molecule has 1 unspecified atom stereocenters. The Morgan fingerprint density at radius 1 is 1.45 bits per heavy atom. The van der Waals surface area contributed by atoms with Crippen molar-refractivity contribution in [2.24, 2.45) is 4.99 Å². The van der Waals surface area contributed by atoms with Gasteiger partial charge in [0.2, 0.25) is 0 Å². The number of rotatable bonds is 3. The van der Waals surface area contributed by atoms with E-state index < -0.39 is 0 Å². The SMILES string of the molecule is CN=C(NCc1ncccc1C)NC1CCc2ncnn2C1. The monoisotopic (exact) mass is 299 g/mol. The predicted octanol–water partition coefficient (Wildman–Crippen LogP) is 0.662. The third kappa shape index (κ3) is 3.24. The summed E-state index contributed by atoms with van der Waals surface area (Å²) in [5, 5.41) is 11.0. The number of pyridine rings is 1. The summed E-state index contributed by atoms with van der Waals surface area (Å²) in [5.74, 6) is 1.85. The maximum absolute atomic E-state index is 4.39. The molecule has 7 nitrogen and oxygen atoms in total. The number of nitrogens with zero attached hydrogens (tertiary/aromatic N) is 5. The topological polar surface area (TPSA) is 80.0 Å². The van der Waals surface area contributed by atoms with Crippen LogP contribution < -0.4 is 10.6 Å². The lowest BCUT2D eigenvalue weighted by molar-refractivity contribution is 0.392. The Kier molecular flexibility index (Phi) is 4.32. The van der Waals surface area contributed by atoms with Gasteiger partial charge in [-0.25, -0.2) is 9.67 Å². The molecule has 3 rings (SSSR count). The predicted molar refractivity (Wildman–Crippen MR) is 84.4 cm³/mol. The van der Waals surface area contributed by atoms with Crippen LogP contribution in [0.15, 0.2) is 29.6 Å². The summed E-state index contributed by atoms with van der Waals surface area (Å²) in [6.07, 6.45) is 5.40. The van der Waals surface area contributed by atoms with Gasteiger partial charge in [0.15, 0.2) is 5.96 Å². The lowest BCUT2D eigenvalue weighted by atomic mass is 10.1. The molecule has 0 spiro atoms. The lowest BCUT2D eigenvalue weighted by Crippen LogP contribution is -2.46. The minimum absolute atomic E-state index is 0.310. The van der Waals surface area contributed by atoms with Gasteiger partial charge >= 0.3 is 0 Å². The van der Waals surface area contributed by atoms with Crippen molar-refractivity contribution in [3.05, 3.63) is 41.7 Å². The zero-order chi connectivity index (χ0) is 15.4. The second-order valence-electron chi connectivity index (χ2n) is 5.43. The molecule has 0 radical (unpaired) electrons. The number of aromatic nitrogens is 4. The molecular weight excluding hydrogens is 278 g/mol. The van der Waals surface area contributed by atoms with Crippen LogP contribution in [-0.2, 0) is 19.5 Å². The van der Waals surface area contributed by atoms with Crippen molar-refractivity contribution in [3.63, 3.8) is 0 Å². The van der Waals surface area contributed by atoms with Gasteiger partial charge in [-0.05, 0) is 25.0 Å². The van der Waals surface area contributed by atoms with E-state index >= 15 is 0 Å². The Labute approximate surface area is 129 Å². The van der Waals surface area contributed by atoms with E-state index in [0.717, 1.165) is 36.9 Å². The summed E-state index contributed by atoms with van der Waals surface area (Å²) >= 11 is 0. The van der Waals surface area contributed by atoms with Crippen LogP contribution in [0.2, 0.25) is 0 Å². The summed E-state index contributed by atoms with van der Waals surface area (Å²) < 4.78 is 1.96. The van der Waals surface area contributed by atoms with Gasteiger partial charge in [0, 0.05) is 25.7 Å². The molecular formula is C15H21N7. The molecule has 0 saturated heterocycles. The van der Waals surface area contributed by atoms with Crippen LogP contribution in [0, 0.1) is 6.92 Å². The van der Waals surface area contributed by atoms with E-state index in [-0.39, 0.29) is 0 Å². The van der Waals surface area contributed by atoms with Gasteiger partial charge in [-0.3, -0.25) is 9.98 Å². The second-order valence-corrected chi connectivity index (χ2v) is 5.43. The number of guanidine groups is 1.